The van der Waals surface area contributed by atoms with Gasteiger partial charge in [-0.1, -0.05) is 6.92 Å². The molecule has 98 valence electrons. The van der Waals surface area contributed by atoms with E-state index >= 15 is 0 Å². The van der Waals surface area contributed by atoms with Crippen LogP contribution in [0.3, 0.4) is 0 Å². The molecule has 2 rings (SSSR count). The van der Waals surface area contributed by atoms with Crippen LogP contribution in [-0.2, 0) is 13.6 Å². The molecule has 0 aromatic carbocycles. The lowest BCUT2D eigenvalue weighted by atomic mass is 10.1. The van der Waals surface area contributed by atoms with Crippen molar-refractivity contribution in [3.63, 3.8) is 0 Å². The molecule has 5 nitrogen and oxygen atoms in total. The van der Waals surface area contributed by atoms with Crippen LogP contribution in [0.1, 0.15) is 36.6 Å². The summed E-state index contributed by atoms with van der Waals surface area (Å²) >= 11 is 0. The monoisotopic (exact) mass is 247 g/mol. The molecule has 2 aromatic heterocycles. The summed E-state index contributed by atoms with van der Waals surface area (Å²) in [6, 6.07) is 2.58. The third-order valence-electron chi connectivity index (χ3n) is 3.44. The van der Waals surface area contributed by atoms with Gasteiger partial charge in [0.25, 0.3) is 0 Å². The molecular formula is C13H21N5. The number of aryl methyl sites for hydroxylation is 1. The van der Waals surface area contributed by atoms with E-state index in [0.717, 1.165) is 24.6 Å². The van der Waals surface area contributed by atoms with Crippen LogP contribution < -0.4 is 5.32 Å². The molecule has 2 aromatic rings. The molecule has 0 saturated carbocycles. The quantitative estimate of drug-likeness (QED) is 0.874. The Labute approximate surface area is 108 Å². The van der Waals surface area contributed by atoms with Gasteiger partial charge in [0.1, 0.15) is 5.82 Å². The van der Waals surface area contributed by atoms with Gasteiger partial charge in [-0.05, 0) is 32.0 Å². The van der Waals surface area contributed by atoms with Crippen molar-refractivity contribution >= 4 is 0 Å². The van der Waals surface area contributed by atoms with Gasteiger partial charge in [0.15, 0.2) is 5.82 Å². The van der Waals surface area contributed by atoms with E-state index in [0.29, 0.717) is 6.04 Å². The fourth-order valence-electron chi connectivity index (χ4n) is 2.12. The molecule has 18 heavy (non-hydrogen) atoms. The maximum absolute atomic E-state index is 4.18. The second-order valence-electron chi connectivity index (χ2n) is 4.59. The first kappa shape index (κ1) is 12.8. The van der Waals surface area contributed by atoms with Gasteiger partial charge in [-0.2, -0.15) is 0 Å². The third kappa shape index (κ3) is 2.46. The van der Waals surface area contributed by atoms with E-state index < -0.39 is 0 Å². The molecule has 0 spiro atoms. The standard InChI is InChI=1S/C13H21N5/c1-5-12(14-3)11-6-7-18(8-11)9-13-16-15-10(2)17(13)4/h6-8,12,14H,5,9H2,1-4H3. The van der Waals surface area contributed by atoms with Gasteiger partial charge in [0.2, 0.25) is 0 Å². The highest BCUT2D eigenvalue weighted by Gasteiger charge is 2.10. The minimum absolute atomic E-state index is 0.424. The van der Waals surface area contributed by atoms with Crippen LogP contribution in [0.5, 0.6) is 0 Å². The first-order chi connectivity index (χ1) is 8.65. The summed E-state index contributed by atoms with van der Waals surface area (Å²) in [5, 5.41) is 11.6. The third-order valence-corrected chi connectivity index (χ3v) is 3.44. The minimum Gasteiger partial charge on any atom is -0.346 e. The molecule has 0 saturated heterocycles. The highest BCUT2D eigenvalue weighted by Crippen LogP contribution is 2.16. The first-order valence-electron chi connectivity index (χ1n) is 6.33. The number of rotatable bonds is 5. The van der Waals surface area contributed by atoms with Crippen molar-refractivity contribution in [1.82, 2.24) is 24.6 Å². The van der Waals surface area contributed by atoms with E-state index in [9.17, 15) is 0 Å². The zero-order chi connectivity index (χ0) is 13.1. The average Bonchev–Trinajstić information content (AvgIpc) is 2.94. The highest BCUT2D eigenvalue weighted by molar-refractivity contribution is 5.16. The molecule has 0 aliphatic heterocycles. The van der Waals surface area contributed by atoms with Crippen molar-refractivity contribution in [2.75, 3.05) is 7.05 Å². The second kappa shape index (κ2) is 5.35. The maximum Gasteiger partial charge on any atom is 0.152 e. The summed E-state index contributed by atoms with van der Waals surface area (Å²) in [6.45, 7) is 4.91. The SMILES string of the molecule is CCC(NC)c1ccn(Cc2nnc(C)n2C)c1. The van der Waals surface area contributed by atoms with E-state index in [1.165, 1.54) is 5.56 Å². The molecule has 0 amide bonds. The Morgan fingerprint density at radius 2 is 2.17 bits per heavy atom. The number of hydrogen-bond acceptors (Lipinski definition) is 3. The van der Waals surface area contributed by atoms with Crippen LogP contribution in [0.2, 0.25) is 0 Å². The Morgan fingerprint density at radius 3 is 2.72 bits per heavy atom. The summed E-state index contributed by atoms with van der Waals surface area (Å²) in [7, 11) is 4.00. The smallest absolute Gasteiger partial charge is 0.152 e. The van der Waals surface area contributed by atoms with Crippen LogP contribution in [0.25, 0.3) is 0 Å². The lowest BCUT2D eigenvalue weighted by molar-refractivity contribution is 0.574. The van der Waals surface area contributed by atoms with E-state index in [-0.39, 0.29) is 0 Å². The maximum atomic E-state index is 4.18. The number of hydrogen-bond donors (Lipinski definition) is 1. The molecule has 0 radical (unpaired) electrons. The molecule has 2 heterocycles. The minimum atomic E-state index is 0.424. The normalized spacial score (nSPS) is 12.9. The van der Waals surface area contributed by atoms with Gasteiger partial charge < -0.3 is 14.5 Å². The Morgan fingerprint density at radius 1 is 1.39 bits per heavy atom. The zero-order valence-electron chi connectivity index (χ0n) is 11.5. The van der Waals surface area contributed by atoms with Crippen LogP contribution in [0.4, 0.5) is 0 Å². The van der Waals surface area contributed by atoms with E-state index in [4.69, 9.17) is 0 Å². The fraction of sp³-hybridized carbons (Fsp3) is 0.538. The first-order valence-corrected chi connectivity index (χ1v) is 6.33. The van der Waals surface area contributed by atoms with Crippen molar-refractivity contribution in [2.45, 2.75) is 32.9 Å². The molecule has 1 unspecified atom stereocenters. The molecular weight excluding hydrogens is 226 g/mol. The number of aromatic nitrogens is 4. The predicted octanol–water partition coefficient (Wildman–Crippen LogP) is 1.64. The lowest BCUT2D eigenvalue weighted by Crippen LogP contribution is -2.14. The summed E-state index contributed by atoms with van der Waals surface area (Å²) < 4.78 is 4.17. The van der Waals surface area contributed by atoms with Gasteiger partial charge in [-0.3, -0.25) is 0 Å². The van der Waals surface area contributed by atoms with Crippen molar-refractivity contribution in [1.29, 1.82) is 0 Å². The summed E-state index contributed by atoms with van der Waals surface area (Å²) in [5.74, 6) is 1.92. The van der Waals surface area contributed by atoms with Gasteiger partial charge >= 0.3 is 0 Å². The van der Waals surface area contributed by atoms with Crippen LogP contribution in [0.15, 0.2) is 18.5 Å². The molecule has 1 N–H and O–H groups in total. The van der Waals surface area contributed by atoms with Crippen LogP contribution >= 0.6 is 0 Å². The fourth-order valence-corrected chi connectivity index (χ4v) is 2.12. The number of nitrogens with one attached hydrogen (secondary N) is 1. The van der Waals surface area contributed by atoms with Gasteiger partial charge in [0, 0.05) is 25.5 Å². The van der Waals surface area contributed by atoms with Gasteiger partial charge in [-0.15, -0.1) is 10.2 Å². The lowest BCUT2D eigenvalue weighted by Gasteiger charge is -2.11. The molecule has 0 fully saturated rings. The molecule has 0 bridgehead atoms. The molecule has 5 heteroatoms. The molecule has 0 aliphatic rings. The predicted molar refractivity (Wildman–Crippen MR) is 71.4 cm³/mol. The number of nitrogens with zero attached hydrogens (tertiary/aromatic N) is 4. The Bertz CT molecular complexity index is 507. The van der Waals surface area contributed by atoms with Crippen molar-refractivity contribution < 1.29 is 0 Å². The largest absolute Gasteiger partial charge is 0.346 e. The topological polar surface area (TPSA) is 47.7 Å². The Kier molecular flexibility index (Phi) is 3.81. The van der Waals surface area contributed by atoms with E-state index in [1.54, 1.807) is 0 Å². The highest BCUT2D eigenvalue weighted by atomic mass is 15.3. The van der Waals surface area contributed by atoms with Gasteiger partial charge in [-0.25, -0.2) is 0 Å². The average molecular weight is 247 g/mol. The Hall–Kier alpha value is -1.62. The summed E-state index contributed by atoms with van der Waals surface area (Å²) in [6.07, 6.45) is 5.36. The van der Waals surface area contributed by atoms with Gasteiger partial charge in [0.05, 0.1) is 6.54 Å². The summed E-state index contributed by atoms with van der Waals surface area (Å²) in [4.78, 5) is 0. The molecule has 1 atom stereocenters. The van der Waals surface area contributed by atoms with E-state index in [2.05, 4.69) is 45.5 Å². The summed E-state index contributed by atoms with van der Waals surface area (Å²) in [5.41, 5.74) is 1.32. The van der Waals surface area contributed by atoms with Crippen LogP contribution in [-0.4, -0.2) is 26.4 Å². The van der Waals surface area contributed by atoms with Crippen molar-refractivity contribution in [3.8, 4) is 0 Å². The van der Waals surface area contributed by atoms with Crippen LogP contribution in [0, 0.1) is 6.92 Å². The zero-order valence-corrected chi connectivity index (χ0v) is 11.5. The Balaban J connectivity index is 2.13. The van der Waals surface area contributed by atoms with E-state index in [1.807, 2.05) is 25.6 Å². The molecule has 0 aliphatic carbocycles. The van der Waals surface area contributed by atoms with Crippen molar-refractivity contribution in [2.24, 2.45) is 7.05 Å². The van der Waals surface area contributed by atoms with Crippen molar-refractivity contribution in [3.05, 3.63) is 35.7 Å². The second-order valence-corrected chi connectivity index (χ2v) is 4.59.